The van der Waals surface area contributed by atoms with Gasteiger partial charge in [-0.3, -0.25) is 4.79 Å². The molecule has 9 heteroatoms. The van der Waals surface area contributed by atoms with Crippen molar-refractivity contribution in [3.05, 3.63) is 94.5 Å². The van der Waals surface area contributed by atoms with Gasteiger partial charge in [-0.25, -0.2) is 8.42 Å². The maximum atomic E-state index is 13.5. The third kappa shape index (κ3) is 5.91. The standard InChI is InChI=1S/C25H25Cl2N3O3S/c26-20-11-12-22(27)24(18-20)34(32,33)28-23(17-19-7-3-1-4-8-19)25(31)30-15-13-29(14-16-30)21-9-5-2-6-10-21/h1-12,18,23,28H,13-17H2/t23-/m0/s1. The summed E-state index contributed by atoms with van der Waals surface area (Å²) < 4.78 is 29.0. The summed E-state index contributed by atoms with van der Waals surface area (Å²) in [6.45, 7) is 2.33. The fraction of sp³-hybridized carbons (Fsp3) is 0.240. The highest BCUT2D eigenvalue weighted by molar-refractivity contribution is 7.89. The number of hydrogen-bond acceptors (Lipinski definition) is 4. The Kier molecular flexibility index (Phi) is 7.78. The summed E-state index contributed by atoms with van der Waals surface area (Å²) in [5.74, 6) is -0.265. The highest BCUT2D eigenvalue weighted by atomic mass is 35.5. The molecule has 1 amide bonds. The van der Waals surface area contributed by atoms with E-state index in [0.29, 0.717) is 26.2 Å². The fourth-order valence-corrected chi connectivity index (χ4v) is 5.96. The van der Waals surface area contributed by atoms with Crippen LogP contribution in [0.4, 0.5) is 5.69 Å². The molecule has 1 aliphatic heterocycles. The smallest absolute Gasteiger partial charge is 0.242 e. The van der Waals surface area contributed by atoms with Gasteiger partial charge in [0, 0.05) is 36.9 Å². The molecule has 6 nitrogen and oxygen atoms in total. The van der Waals surface area contributed by atoms with E-state index in [2.05, 4.69) is 9.62 Å². The van der Waals surface area contributed by atoms with E-state index in [1.807, 2.05) is 60.7 Å². The average Bonchev–Trinajstić information content (AvgIpc) is 2.86. The Hall–Kier alpha value is -2.58. The van der Waals surface area contributed by atoms with Crippen LogP contribution < -0.4 is 9.62 Å². The summed E-state index contributed by atoms with van der Waals surface area (Å²) in [6.07, 6.45) is 0.218. The quantitative estimate of drug-likeness (QED) is 0.509. The van der Waals surface area contributed by atoms with Crippen LogP contribution in [0.3, 0.4) is 0 Å². The van der Waals surface area contributed by atoms with Gasteiger partial charge in [-0.2, -0.15) is 4.72 Å². The Bertz CT molecular complexity index is 1230. The van der Waals surface area contributed by atoms with Gasteiger partial charge in [0.05, 0.1) is 5.02 Å². The zero-order valence-corrected chi connectivity index (χ0v) is 20.7. The molecule has 4 rings (SSSR count). The molecule has 1 atom stereocenters. The topological polar surface area (TPSA) is 69.7 Å². The number of rotatable bonds is 7. The lowest BCUT2D eigenvalue weighted by Crippen LogP contribution is -2.55. The molecule has 0 unspecified atom stereocenters. The minimum absolute atomic E-state index is 0.0410. The van der Waals surface area contributed by atoms with Gasteiger partial charge < -0.3 is 9.80 Å². The molecule has 0 aromatic heterocycles. The molecule has 0 aliphatic carbocycles. The second-order valence-corrected chi connectivity index (χ2v) is 10.6. The third-order valence-corrected chi connectivity index (χ3v) is 7.96. The Morgan fingerprint density at radius 2 is 1.50 bits per heavy atom. The normalized spacial score (nSPS) is 15.2. The van der Waals surface area contributed by atoms with Gasteiger partial charge >= 0.3 is 0 Å². The number of amides is 1. The maximum Gasteiger partial charge on any atom is 0.242 e. The first-order valence-electron chi connectivity index (χ1n) is 10.9. The van der Waals surface area contributed by atoms with Crippen LogP contribution in [0.15, 0.2) is 83.8 Å². The molecule has 1 aliphatic rings. The van der Waals surface area contributed by atoms with Crippen molar-refractivity contribution in [3.8, 4) is 0 Å². The first-order valence-corrected chi connectivity index (χ1v) is 13.2. The molecule has 0 spiro atoms. The monoisotopic (exact) mass is 517 g/mol. The molecule has 1 N–H and O–H groups in total. The SMILES string of the molecule is O=C([C@H](Cc1ccccc1)NS(=O)(=O)c1cc(Cl)ccc1Cl)N1CCN(c2ccccc2)CC1. The highest BCUT2D eigenvalue weighted by Gasteiger charge is 2.32. The summed E-state index contributed by atoms with van der Waals surface area (Å²) in [7, 11) is -4.09. The maximum absolute atomic E-state index is 13.5. The number of nitrogens with zero attached hydrogens (tertiary/aromatic N) is 2. The largest absolute Gasteiger partial charge is 0.368 e. The van der Waals surface area contributed by atoms with Crippen molar-refractivity contribution in [2.24, 2.45) is 0 Å². The molecule has 178 valence electrons. The zero-order chi connectivity index (χ0) is 24.1. The molecular formula is C25H25Cl2N3O3S. The van der Waals surface area contributed by atoms with E-state index in [4.69, 9.17) is 23.2 Å². The fourth-order valence-electron chi connectivity index (χ4n) is 4.01. The number of nitrogens with one attached hydrogen (secondary N) is 1. The number of halogens is 2. The Balaban J connectivity index is 1.54. The summed E-state index contributed by atoms with van der Waals surface area (Å²) in [4.78, 5) is 17.3. The molecule has 1 saturated heterocycles. The molecule has 0 bridgehead atoms. The van der Waals surface area contributed by atoms with Gasteiger partial charge in [0.15, 0.2) is 0 Å². The lowest BCUT2D eigenvalue weighted by molar-refractivity contribution is -0.133. The van der Waals surface area contributed by atoms with Crippen molar-refractivity contribution in [1.29, 1.82) is 0 Å². The van der Waals surface area contributed by atoms with Crippen LogP contribution in [0, 0.1) is 0 Å². The lowest BCUT2D eigenvalue weighted by atomic mass is 10.1. The van der Waals surface area contributed by atoms with E-state index in [1.54, 1.807) is 4.90 Å². The molecule has 1 fully saturated rings. The second-order valence-electron chi connectivity index (χ2n) is 8.09. The van der Waals surface area contributed by atoms with Crippen molar-refractivity contribution in [2.75, 3.05) is 31.1 Å². The van der Waals surface area contributed by atoms with E-state index in [-0.39, 0.29) is 27.3 Å². The van der Waals surface area contributed by atoms with Gasteiger partial charge in [0.25, 0.3) is 0 Å². The van der Waals surface area contributed by atoms with Crippen LogP contribution in [0.2, 0.25) is 10.0 Å². The van der Waals surface area contributed by atoms with E-state index in [1.165, 1.54) is 18.2 Å². The summed E-state index contributed by atoms with van der Waals surface area (Å²) >= 11 is 12.2. The van der Waals surface area contributed by atoms with Crippen LogP contribution in [-0.4, -0.2) is 51.4 Å². The number of benzene rings is 3. The van der Waals surface area contributed by atoms with E-state index < -0.39 is 16.1 Å². The van der Waals surface area contributed by atoms with Gasteiger partial charge in [-0.1, -0.05) is 71.7 Å². The highest BCUT2D eigenvalue weighted by Crippen LogP contribution is 2.25. The molecule has 3 aromatic rings. The Morgan fingerprint density at radius 3 is 2.15 bits per heavy atom. The predicted molar refractivity (Wildman–Crippen MR) is 136 cm³/mol. The molecule has 34 heavy (non-hydrogen) atoms. The first-order chi connectivity index (χ1) is 16.3. The molecular weight excluding hydrogens is 493 g/mol. The second kappa shape index (κ2) is 10.8. The predicted octanol–water partition coefficient (Wildman–Crippen LogP) is 4.23. The molecule has 0 radical (unpaired) electrons. The Labute approximate surface area is 210 Å². The number of piperazine rings is 1. The average molecular weight is 518 g/mol. The molecule has 1 heterocycles. The van der Waals surface area contributed by atoms with Gasteiger partial charge in [0.1, 0.15) is 10.9 Å². The van der Waals surface area contributed by atoms with E-state index in [9.17, 15) is 13.2 Å². The van der Waals surface area contributed by atoms with Gasteiger partial charge in [-0.05, 0) is 42.3 Å². The van der Waals surface area contributed by atoms with E-state index in [0.717, 1.165) is 11.3 Å². The number of carbonyl (C=O) groups is 1. The van der Waals surface area contributed by atoms with Crippen LogP contribution in [0.5, 0.6) is 0 Å². The van der Waals surface area contributed by atoms with Crippen LogP contribution in [-0.2, 0) is 21.2 Å². The van der Waals surface area contributed by atoms with E-state index >= 15 is 0 Å². The third-order valence-electron chi connectivity index (χ3n) is 5.77. The van der Waals surface area contributed by atoms with Crippen LogP contribution in [0.1, 0.15) is 5.56 Å². The number of anilines is 1. The van der Waals surface area contributed by atoms with Gasteiger partial charge in [0.2, 0.25) is 15.9 Å². The lowest BCUT2D eigenvalue weighted by Gasteiger charge is -2.37. The summed E-state index contributed by atoms with van der Waals surface area (Å²) in [6, 6.07) is 22.6. The molecule has 0 saturated carbocycles. The van der Waals surface area contributed by atoms with Crippen molar-refractivity contribution in [2.45, 2.75) is 17.4 Å². The minimum Gasteiger partial charge on any atom is -0.368 e. The Morgan fingerprint density at radius 1 is 0.882 bits per heavy atom. The minimum atomic E-state index is -4.09. The van der Waals surface area contributed by atoms with Crippen molar-refractivity contribution in [1.82, 2.24) is 9.62 Å². The number of carbonyl (C=O) groups excluding carboxylic acids is 1. The zero-order valence-electron chi connectivity index (χ0n) is 18.4. The van der Waals surface area contributed by atoms with Crippen LogP contribution in [0.25, 0.3) is 0 Å². The molecule has 3 aromatic carbocycles. The van der Waals surface area contributed by atoms with Crippen molar-refractivity contribution >= 4 is 44.8 Å². The summed E-state index contributed by atoms with van der Waals surface area (Å²) in [5.41, 5.74) is 1.95. The number of hydrogen-bond donors (Lipinski definition) is 1. The van der Waals surface area contributed by atoms with Crippen LogP contribution >= 0.6 is 23.2 Å². The summed E-state index contributed by atoms with van der Waals surface area (Å²) in [5, 5.41) is 0.284. The van der Waals surface area contributed by atoms with Crippen molar-refractivity contribution < 1.29 is 13.2 Å². The van der Waals surface area contributed by atoms with Crippen molar-refractivity contribution in [3.63, 3.8) is 0 Å². The first kappa shape index (κ1) is 24.5. The van der Waals surface area contributed by atoms with Gasteiger partial charge in [-0.15, -0.1) is 0 Å². The number of sulfonamides is 1. The number of para-hydroxylation sites is 1.